The van der Waals surface area contributed by atoms with Gasteiger partial charge in [0.15, 0.2) is 0 Å². The fraction of sp³-hybridized carbons (Fsp3) is 0. The van der Waals surface area contributed by atoms with Crippen molar-refractivity contribution in [1.82, 2.24) is 0 Å². The highest BCUT2D eigenvalue weighted by molar-refractivity contribution is 6.09. The Labute approximate surface area is 232 Å². The minimum atomic E-state index is 0.845. The highest BCUT2D eigenvalue weighted by Crippen LogP contribution is 2.48. The van der Waals surface area contributed by atoms with Crippen LogP contribution in [0, 0.1) is 0 Å². The maximum atomic E-state index is 6.43. The number of ether oxygens (including phenoxy) is 1. The molecule has 0 bridgehead atoms. The summed E-state index contributed by atoms with van der Waals surface area (Å²) in [5.41, 5.74) is 9.24. The molecule has 1 aromatic heterocycles. The second-order valence-electron chi connectivity index (χ2n) is 10.1. The van der Waals surface area contributed by atoms with E-state index in [1.165, 1.54) is 27.8 Å². The molecule has 0 aliphatic carbocycles. The van der Waals surface area contributed by atoms with E-state index < -0.39 is 0 Å². The van der Waals surface area contributed by atoms with Crippen LogP contribution in [0.25, 0.3) is 66.8 Å². The van der Waals surface area contributed by atoms with Crippen LogP contribution in [0.3, 0.4) is 0 Å². The number of rotatable bonds is 4. The molecule has 0 spiro atoms. The van der Waals surface area contributed by atoms with Gasteiger partial charge >= 0.3 is 0 Å². The Morgan fingerprint density at radius 1 is 0.325 bits per heavy atom. The zero-order chi connectivity index (χ0) is 26.5. The summed E-state index contributed by atoms with van der Waals surface area (Å²) in [7, 11) is 0. The van der Waals surface area contributed by atoms with Crippen LogP contribution in [0.5, 0.6) is 11.5 Å². The van der Waals surface area contributed by atoms with E-state index in [4.69, 9.17) is 9.15 Å². The van der Waals surface area contributed by atoms with Crippen LogP contribution in [0.1, 0.15) is 0 Å². The Kier molecular flexibility index (Phi) is 5.17. The van der Waals surface area contributed by atoms with Crippen molar-refractivity contribution >= 4 is 10.8 Å². The van der Waals surface area contributed by atoms with Gasteiger partial charge in [-0.25, -0.2) is 0 Å². The van der Waals surface area contributed by atoms with E-state index in [0.717, 1.165) is 50.5 Å². The summed E-state index contributed by atoms with van der Waals surface area (Å²) in [5.74, 6) is 3.47. The van der Waals surface area contributed by atoms with Gasteiger partial charge < -0.3 is 9.15 Å². The number of para-hydroxylation sites is 1. The Morgan fingerprint density at radius 2 is 0.925 bits per heavy atom. The van der Waals surface area contributed by atoms with Gasteiger partial charge in [0.1, 0.15) is 23.0 Å². The first kappa shape index (κ1) is 22.6. The Balaban J connectivity index is 1.10. The fourth-order valence-electron chi connectivity index (χ4n) is 5.75. The van der Waals surface area contributed by atoms with Gasteiger partial charge in [-0.15, -0.1) is 0 Å². The molecule has 40 heavy (non-hydrogen) atoms. The van der Waals surface area contributed by atoms with Crippen LogP contribution in [0.2, 0.25) is 0 Å². The first-order valence-electron chi connectivity index (χ1n) is 13.5. The van der Waals surface area contributed by atoms with Crippen LogP contribution >= 0.6 is 0 Å². The largest absolute Gasteiger partial charge is 0.456 e. The SMILES string of the molecule is c1ccc(-c2ccc(-c3ccc(-c4ccc(-c5ccc6c7c(cccc57)-c5ccccc5O6)o4)cc3)cc2)cc1. The summed E-state index contributed by atoms with van der Waals surface area (Å²) in [6, 6.07) is 50.7. The molecule has 1 aliphatic heterocycles. The van der Waals surface area contributed by atoms with Gasteiger partial charge in [0, 0.05) is 22.1 Å². The number of benzene rings is 6. The summed E-state index contributed by atoms with van der Waals surface area (Å²) >= 11 is 0. The summed E-state index contributed by atoms with van der Waals surface area (Å²) in [5, 5.41) is 2.25. The molecule has 0 saturated carbocycles. The molecule has 6 aromatic carbocycles. The minimum absolute atomic E-state index is 0.845. The van der Waals surface area contributed by atoms with E-state index in [9.17, 15) is 0 Å². The van der Waals surface area contributed by atoms with E-state index in [-0.39, 0.29) is 0 Å². The van der Waals surface area contributed by atoms with Crippen LogP contribution in [-0.2, 0) is 0 Å². The summed E-state index contributed by atoms with van der Waals surface area (Å²) in [6.45, 7) is 0. The van der Waals surface area contributed by atoms with Gasteiger partial charge in [-0.3, -0.25) is 0 Å². The molecule has 2 heteroatoms. The minimum Gasteiger partial charge on any atom is -0.456 e. The Morgan fingerprint density at radius 3 is 1.68 bits per heavy atom. The van der Waals surface area contributed by atoms with Crippen LogP contribution in [0.15, 0.2) is 150 Å². The van der Waals surface area contributed by atoms with Crippen molar-refractivity contribution in [2.45, 2.75) is 0 Å². The van der Waals surface area contributed by atoms with Crippen LogP contribution in [-0.4, -0.2) is 0 Å². The molecule has 0 atom stereocenters. The first-order chi connectivity index (χ1) is 19.8. The first-order valence-corrected chi connectivity index (χ1v) is 13.5. The number of hydrogen-bond donors (Lipinski definition) is 0. The molecule has 2 heterocycles. The molecule has 0 radical (unpaired) electrons. The molecule has 2 nitrogen and oxygen atoms in total. The Hall–Kier alpha value is -5.34. The zero-order valence-corrected chi connectivity index (χ0v) is 21.7. The molecular weight excluding hydrogens is 488 g/mol. The third-order valence-electron chi connectivity index (χ3n) is 7.77. The van der Waals surface area contributed by atoms with Crippen molar-refractivity contribution < 1.29 is 9.15 Å². The zero-order valence-electron chi connectivity index (χ0n) is 21.7. The number of fused-ring (bicyclic) bond motifs is 2. The average molecular weight is 513 g/mol. The van der Waals surface area contributed by atoms with Crippen molar-refractivity contribution in [2.24, 2.45) is 0 Å². The summed E-state index contributed by atoms with van der Waals surface area (Å²) < 4.78 is 12.7. The van der Waals surface area contributed by atoms with Crippen LogP contribution < -0.4 is 4.74 Å². The lowest BCUT2D eigenvalue weighted by Gasteiger charge is -2.22. The monoisotopic (exact) mass is 512 g/mol. The van der Waals surface area contributed by atoms with Gasteiger partial charge in [0.25, 0.3) is 0 Å². The molecule has 0 unspecified atom stereocenters. The Bertz CT molecular complexity index is 2000. The second-order valence-corrected chi connectivity index (χ2v) is 10.1. The molecule has 188 valence electrons. The van der Waals surface area contributed by atoms with E-state index in [0.29, 0.717) is 0 Å². The maximum Gasteiger partial charge on any atom is 0.135 e. The van der Waals surface area contributed by atoms with Crippen molar-refractivity contribution in [3.8, 4) is 67.5 Å². The highest BCUT2D eigenvalue weighted by atomic mass is 16.5. The van der Waals surface area contributed by atoms with Crippen molar-refractivity contribution in [1.29, 1.82) is 0 Å². The lowest BCUT2D eigenvalue weighted by molar-refractivity contribution is 0.487. The van der Waals surface area contributed by atoms with Crippen molar-refractivity contribution in [3.63, 3.8) is 0 Å². The third-order valence-corrected chi connectivity index (χ3v) is 7.77. The van der Waals surface area contributed by atoms with Gasteiger partial charge in [-0.2, -0.15) is 0 Å². The van der Waals surface area contributed by atoms with E-state index in [2.05, 4.69) is 127 Å². The predicted molar refractivity (Wildman–Crippen MR) is 163 cm³/mol. The van der Waals surface area contributed by atoms with E-state index in [1.807, 2.05) is 18.2 Å². The molecular formula is C38H24O2. The van der Waals surface area contributed by atoms with E-state index in [1.54, 1.807) is 0 Å². The highest BCUT2D eigenvalue weighted by Gasteiger charge is 2.22. The molecule has 7 aromatic rings. The number of furan rings is 1. The van der Waals surface area contributed by atoms with Crippen molar-refractivity contribution in [3.05, 3.63) is 146 Å². The molecule has 0 fully saturated rings. The molecule has 1 aliphatic rings. The second kappa shape index (κ2) is 9.14. The smallest absolute Gasteiger partial charge is 0.135 e. The maximum absolute atomic E-state index is 6.43. The van der Waals surface area contributed by atoms with Gasteiger partial charge in [-0.1, -0.05) is 115 Å². The quantitative estimate of drug-likeness (QED) is 0.234. The predicted octanol–water partition coefficient (Wildman–Crippen LogP) is 10.9. The van der Waals surface area contributed by atoms with Crippen LogP contribution in [0.4, 0.5) is 0 Å². The lowest BCUT2D eigenvalue weighted by Crippen LogP contribution is -1.97. The third kappa shape index (κ3) is 3.73. The molecule has 0 saturated heterocycles. The lowest BCUT2D eigenvalue weighted by atomic mass is 9.92. The van der Waals surface area contributed by atoms with Gasteiger partial charge in [-0.05, 0) is 63.5 Å². The van der Waals surface area contributed by atoms with Crippen molar-refractivity contribution in [2.75, 3.05) is 0 Å². The molecule has 0 N–H and O–H groups in total. The summed E-state index contributed by atoms with van der Waals surface area (Å²) in [6.07, 6.45) is 0. The standard InChI is InChI=1S/C38H24O2/c1-2-7-25(8-3-1)26-13-15-27(16-14-26)28-17-19-29(20-18-28)34-23-24-36(39-34)31-21-22-37-38-32(10-6-11-33(31)38)30-9-4-5-12-35(30)40-37/h1-24H. The summed E-state index contributed by atoms with van der Waals surface area (Å²) in [4.78, 5) is 0. The fourth-order valence-corrected chi connectivity index (χ4v) is 5.75. The van der Waals surface area contributed by atoms with E-state index >= 15 is 0 Å². The van der Waals surface area contributed by atoms with Gasteiger partial charge in [0.2, 0.25) is 0 Å². The topological polar surface area (TPSA) is 22.4 Å². The number of hydrogen-bond acceptors (Lipinski definition) is 2. The van der Waals surface area contributed by atoms with Gasteiger partial charge in [0.05, 0.1) is 0 Å². The molecule has 0 amide bonds. The molecule has 8 rings (SSSR count). The normalized spacial score (nSPS) is 11.7. The average Bonchev–Trinajstić information content (AvgIpc) is 3.52.